The second-order valence-electron chi connectivity index (χ2n) is 4.24. The number of anilines is 1. The Hall–Kier alpha value is -1.42. The quantitative estimate of drug-likeness (QED) is 0.859. The van der Waals surface area contributed by atoms with Crippen molar-refractivity contribution < 1.29 is 4.39 Å². The fraction of sp³-hybridized carbons (Fsp3) is 0.214. The van der Waals surface area contributed by atoms with Gasteiger partial charge in [0.1, 0.15) is 16.2 Å². The zero-order chi connectivity index (χ0) is 13.1. The van der Waals surface area contributed by atoms with Crippen LogP contribution < -0.4 is 5.32 Å². The Balaban J connectivity index is 2.11. The van der Waals surface area contributed by atoms with E-state index in [1.807, 2.05) is 30.3 Å². The highest BCUT2D eigenvalue weighted by Gasteiger charge is 2.04. The molecule has 1 aromatic heterocycles. The molecule has 0 saturated carbocycles. The van der Waals surface area contributed by atoms with Gasteiger partial charge in [0.15, 0.2) is 0 Å². The summed E-state index contributed by atoms with van der Waals surface area (Å²) in [5.41, 5.74) is 2.40. The van der Waals surface area contributed by atoms with E-state index in [1.165, 1.54) is 0 Å². The van der Waals surface area contributed by atoms with Gasteiger partial charge < -0.3 is 5.32 Å². The van der Waals surface area contributed by atoms with Crippen LogP contribution >= 0.6 is 15.9 Å². The number of hydrogen-bond acceptors (Lipinski definition) is 2. The topological polar surface area (TPSA) is 24.9 Å². The number of pyridine rings is 1. The van der Waals surface area contributed by atoms with Crippen molar-refractivity contribution in [2.45, 2.75) is 20.4 Å². The predicted molar refractivity (Wildman–Crippen MR) is 75.1 cm³/mol. The molecule has 1 N–H and O–H groups in total. The SMILES string of the molecule is Cc1cc(CNc2cccc(Br)n2)cc(C)c1F. The third kappa shape index (κ3) is 3.07. The van der Waals surface area contributed by atoms with Crippen LogP contribution in [0.15, 0.2) is 34.9 Å². The molecule has 0 unspecified atom stereocenters. The monoisotopic (exact) mass is 308 g/mol. The van der Waals surface area contributed by atoms with Gasteiger partial charge in [0.05, 0.1) is 0 Å². The zero-order valence-corrected chi connectivity index (χ0v) is 11.9. The van der Waals surface area contributed by atoms with Gasteiger partial charge in [-0.05, 0) is 58.6 Å². The summed E-state index contributed by atoms with van der Waals surface area (Å²) in [4.78, 5) is 4.28. The summed E-state index contributed by atoms with van der Waals surface area (Å²) in [5, 5.41) is 3.21. The molecule has 94 valence electrons. The first-order chi connectivity index (χ1) is 8.56. The summed E-state index contributed by atoms with van der Waals surface area (Å²) in [6, 6.07) is 9.40. The van der Waals surface area contributed by atoms with E-state index in [1.54, 1.807) is 13.8 Å². The molecular weight excluding hydrogens is 295 g/mol. The molecule has 2 rings (SSSR count). The maximum atomic E-state index is 13.5. The highest BCUT2D eigenvalue weighted by atomic mass is 79.9. The van der Waals surface area contributed by atoms with E-state index in [9.17, 15) is 4.39 Å². The molecule has 2 aromatic rings. The first-order valence-corrected chi connectivity index (χ1v) is 6.47. The summed E-state index contributed by atoms with van der Waals surface area (Å²) < 4.78 is 14.3. The first-order valence-electron chi connectivity index (χ1n) is 5.68. The average Bonchev–Trinajstić information content (AvgIpc) is 2.33. The Morgan fingerprint density at radius 1 is 1.22 bits per heavy atom. The van der Waals surface area contributed by atoms with Gasteiger partial charge in [0.25, 0.3) is 0 Å². The third-order valence-corrected chi connectivity index (χ3v) is 3.13. The summed E-state index contributed by atoms with van der Waals surface area (Å²) in [7, 11) is 0. The minimum Gasteiger partial charge on any atom is -0.366 e. The molecule has 2 nitrogen and oxygen atoms in total. The zero-order valence-electron chi connectivity index (χ0n) is 10.3. The summed E-state index contributed by atoms with van der Waals surface area (Å²) in [6.07, 6.45) is 0. The summed E-state index contributed by atoms with van der Waals surface area (Å²) >= 11 is 3.32. The van der Waals surface area contributed by atoms with Crippen molar-refractivity contribution in [2.24, 2.45) is 0 Å². The number of nitrogens with zero attached hydrogens (tertiary/aromatic N) is 1. The Kier molecular flexibility index (Phi) is 3.97. The number of aromatic nitrogens is 1. The molecule has 0 fully saturated rings. The number of benzene rings is 1. The van der Waals surface area contributed by atoms with E-state index in [0.717, 1.165) is 16.0 Å². The number of nitrogens with one attached hydrogen (secondary N) is 1. The minimum absolute atomic E-state index is 0.126. The lowest BCUT2D eigenvalue weighted by atomic mass is 10.1. The molecule has 0 aliphatic heterocycles. The molecule has 0 radical (unpaired) electrons. The molecule has 0 bridgehead atoms. The number of rotatable bonds is 3. The van der Waals surface area contributed by atoms with Crippen LogP contribution in [0.25, 0.3) is 0 Å². The lowest BCUT2D eigenvalue weighted by Crippen LogP contribution is -2.03. The van der Waals surface area contributed by atoms with Gasteiger partial charge >= 0.3 is 0 Å². The minimum atomic E-state index is -0.126. The molecule has 1 heterocycles. The maximum Gasteiger partial charge on any atom is 0.129 e. The van der Waals surface area contributed by atoms with Crippen molar-refractivity contribution in [2.75, 3.05) is 5.32 Å². The summed E-state index contributed by atoms with van der Waals surface area (Å²) in [5.74, 6) is 0.670. The van der Waals surface area contributed by atoms with Gasteiger partial charge in [-0.1, -0.05) is 18.2 Å². The van der Waals surface area contributed by atoms with Crippen molar-refractivity contribution in [1.29, 1.82) is 0 Å². The molecule has 0 amide bonds. The predicted octanol–water partition coefficient (Wildman–Crippen LogP) is 4.21. The fourth-order valence-electron chi connectivity index (χ4n) is 1.84. The molecule has 0 spiro atoms. The maximum absolute atomic E-state index is 13.5. The highest BCUT2D eigenvalue weighted by Crippen LogP contribution is 2.16. The molecule has 0 aliphatic rings. The second kappa shape index (κ2) is 5.48. The van der Waals surface area contributed by atoms with Gasteiger partial charge in [0.2, 0.25) is 0 Å². The van der Waals surface area contributed by atoms with Crippen LogP contribution in [-0.2, 0) is 6.54 Å². The van der Waals surface area contributed by atoms with E-state index in [0.29, 0.717) is 17.7 Å². The Labute approximate surface area is 114 Å². The largest absolute Gasteiger partial charge is 0.366 e. The van der Waals surface area contributed by atoms with Crippen molar-refractivity contribution in [1.82, 2.24) is 4.98 Å². The van der Waals surface area contributed by atoms with Crippen molar-refractivity contribution in [3.05, 3.63) is 57.4 Å². The molecule has 0 saturated heterocycles. The Bertz CT molecular complexity index is 546. The van der Waals surface area contributed by atoms with Gasteiger partial charge in [-0.15, -0.1) is 0 Å². The van der Waals surface area contributed by atoms with E-state index >= 15 is 0 Å². The molecule has 0 aliphatic carbocycles. The van der Waals surface area contributed by atoms with E-state index in [2.05, 4.69) is 26.2 Å². The molecule has 0 atom stereocenters. The molecule has 1 aromatic carbocycles. The normalized spacial score (nSPS) is 10.4. The number of halogens is 2. The molecular formula is C14H14BrFN2. The van der Waals surface area contributed by atoms with Crippen LogP contribution in [0.5, 0.6) is 0 Å². The van der Waals surface area contributed by atoms with Gasteiger partial charge in [-0.25, -0.2) is 9.37 Å². The average molecular weight is 309 g/mol. The van der Waals surface area contributed by atoms with Crippen LogP contribution in [-0.4, -0.2) is 4.98 Å². The van der Waals surface area contributed by atoms with Gasteiger partial charge in [0, 0.05) is 6.54 Å². The number of aryl methyl sites for hydroxylation is 2. The van der Waals surface area contributed by atoms with Crippen molar-refractivity contribution >= 4 is 21.7 Å². The van der Waals surface area contributed by atoms with Crippen molar-refractivity contribution in [3.63, 3.8) is 0 Å². The first kappa shape index (κ1) is 13.0. The van der Waals surface area contributed by atoms with Crippen LogP contribution in [0.1, 0.15) is 16.7 Å². The van der Waals surface area contributed by atoms with Gasteiger partial charge in [-0.3, -0.25) is 0 Å². The lowest BCUT2D eigenvalue weighted by Gasteiger charge is -2.09. The standard InChI is InChI=1S/C14H14BrFN2/c1-9-6-11(7-10(2)14(9)16)8-17-13-5-3-4-12(15)18-13/h3-7H,8H2,1-2H3,(H,17,18). The summed E-state index contributed by atoms with van der Waals surface area (Å²) in [6.45, 7) is 4.19. The number of hydrogen-bond donors (Lipinski definition) is 1. The van der Waals surface area contributed by atoms with Crippen molar-refractivity contribution in [3.8, 4) is 0 Å². The Morgan fingerprint density at radius 2 is 1.89 bits per heavy atom. The highest BCUT2D eigenvalue weighted by molar-refractivity contribution is 9.10. The van der Waals surface area contributed by atoms with Gasteiger partial charge in [-0.2, -0.15) is 0 Å². The van der Waals surface area contributed by atoms with E-state index in [4.69, 9.17) is 0 Å². The molecule has 18 heavy (non-hydrogen) atoms. The Morgan fingerprint density at radius 3 is 2.50 bits per heavy atom. The van der Waals surface area contributed by atoms with Crippen LogP contribution in [0.3, 0.4) is 0 Å². The lowest BCUT2D eigenvalue weighted by molar-refractivity contribution is 0.608. The third-order valence-electron chi connectivity index (χ3n) is 2.68. The molecule has 4 heteroatoms. The smallest absolute Gasteiger partial charge is 0.129 e. The van der Waals surface area contributed by atoms with E-state index < -0.39 is 0 Å². The fourth-order valence-corrected chi connectivity index (χ4v) is 2.18. The van der Waals surface area contributed by atoms with E-state index in [-0.39, 0.29) is 5.82 Å². The van der Waals surface area contributed by atoms with Crippen LogP contribution in [0.2, 0.25) is 0 Å². The van der Waals surface area contributed by atoms with Crippen LogP contribution in [0.4, 0.5) is 10.2 Å². The second-order valence-corrected chi connectivity index (χ2v) is 5.06. The van der Waals surface area contributed by atoms with Crippen LogP contribution in [0, 0.1) is 19.7 Å².